The Morgan fingerprint density at radius 3 is 2.91 bits per heavy atom. The van der Waals surface area contributed by atoms with Gasteiger partial charge in [-0.1, -0.05) is 19.8 Å². The molecule has 7 heteroatoms. The van der Waals surface area contributed by atoms with Crippen molar-refractivity contribution in [2.24, 2.45) is 11.7 Å². The predicted octanol–water partition coefficient (Wildman–Crippen LogP) is 1.41. The second-order valence-electron chi connectivity index (χ2n) is 6.76. The summed E-state index contributed by atoms with van der Waals surface area (Å²) in [5, 5.41) is 0.148. The number of aromatic nitrogens is 2. The van der Waals surface area contributed by atoms with E-state index in [1.807, 2.05) is 4.57 Å². The Balaban J connectivity index is 1.87. The van der Waals surface area contributed by atoms with E-state index in [1.54, 1.807) is 6.20 Å². The van der Waals surface area contributed by atoms with Crippen LogP contribution in [0, 0.1) is 5.92 Å². The lowest BCUT2D eigenvalue weighted by Gasteiger charge is -2.42. The zero-order chi connectivity index (χ0) is 15.8. The molecule has 1 aliphatic carbocycles. The van der Waals surface area contributed by atoms with Crippen LogP contribution in [-0.4, -0.2) is 30.1 Å². The molecular formula is C15H26N4O2S. The average molecular weight is 326 g/mol. The highest BCUT2D eigenvalue weighted by Gasteiger charge is 2.41. The van der Waals surface area contributed by atoms with Crippen molar-refractivity contribution in [2.45, 2.75) is 69.0 Å². The van der Waals surface area contributed by atoms with E-state index in [1.165, 1.54) is 0 Å². The predicted molar refractivity (Wildman–Crippen MR) is 84.9 cm³/mol. The summed E-state index contributed by atoms with van der Waals surface area (Å²) in [5.74, 6) is 1.13. The first-order chi connectivity index (χ1) is 10.5. The SMILES string of the molecule is CC1CCCCC1(CN)NS(=O)(=O)c1cn2c(n1)CCCC2. The van der Waals surface area contributed by atoms with E-state index in [9.17, 15) is 8.42 Å². The molecule has 0 amide bonds. The van der Waals surface area contributed by atoms with Crippen LogP contribution in [0.15, 0.2) is 11.2 Å². The molecule has 1 aliphatic heterocycles. The van der Waals surface area contributed by atoms with Crippen LogP contribution in [0.1, 0.15) is 51.3 Å². The maximum Gasteiger partial charge on any atom is 0.260 e. The third kappa shape index (κ3) is 2.81. The van der Waals surface area contributed by atoms with Crippen molar-refractivity contribution in [1.29, 1.82) is 0 Å². The smallest absolute Gasteiger partial charge is 0.260 e. The fraction of sp³-hybridized carbons (Fsp3) is 0.800. The molecule has 0 aromatic carbocycles. The quantitative estimate of drug-likeness (QED) is 0.875. The molecule has 3 rings (SSSR count). The van der Waals surface area contributed by atoms with Gasteiger partial charge in [0, 0.05) is 31.2 Å². The van der Waals surface area contributed by atoms with Crippen LogP contribution in [0.2, 0.25) is 0 Å². The summed E-state index contributed by atoms with van der Waals surface area (Å²) in [7, 11) is -3.62. The van der Waals surface area contributed by atoms with Crippen molar-refractivity contribution in [3.63, 3.8) is 0 Å². The number of nitrogens with zero attached hydrogens (tertiary/aromatic N) is 2. The largest absolute Gasteiger partial charge is 0.333 e. The number of imidazole rings is 1. The van der Waals surface area contributed by atoms with Gasteiger partial charge in [0.05, 0.1) is 0 Å². The van der Waals surface area contributed by atoms with Gasteiger partial charge < -0.3 is 10.3 Å². The van der Waals surface area contributed by atoms with E-state index in [4.69, 9.17) is 5.73 Å². The first-order valence-electron chi connectivity index (χ1n) is 8.27. The number of rotatable bonds is 4. The molecule has 0 saturated heterocycles. The Labute approximate surface area is 132 Å². The van der Waals surface area contributed by atoms with Crippen LogP contribution < -0.4 is 10.5 Å². The number of hydrogen-bond donors (Lipinski definition) is 2. The summed E-state index contributed by atoms with van der Waals surface area (Å²) in [6.07, 6.45) is 8.67. The lowest BCUT2D eigenvalue weighted by atomic mass is 9.74. The van der Waals surface area contributed by atoms with Crippen LogP contribution >= 0.6 is 0 Å². The van der Waals surface area contributed by atoms with Crippen molar-refractivity contribution in [3.05, 3.63) is 12.0 Å². The first-order valence-corrected chi connectivity index (χ1v) is 9.75. The minimum atomic E-state index is -3.62. The number of fused-ring (bicyclic) bond motifs is 1. The van der Waals surface area contributed by atoms with Gasteiger partial charge in [-0.05, 0) is 31.6 Å². The third-order valence-electron chi connectivity index (χ3n) is 5.32. The Kier molecular flexibility index (Phi) is 4.31. The molecule has 0 spiro atoms. The van der Waals surface area contributed by atoms with Gasteiger partial charge in [-0.25, -0.2) is 18.1 Å². The molecule has 0 radical (unpaired) electrons. The Hall–Kier alpha value is -0.920. The summed E-state index contributed by atoms with van der Waals surface area (Å²) in [4.78, 5) is 4.35. The van der Waals surface area contributed by atoms with E-state index in [0.717, 1.165) is 57.3 Å². The Morgan fingerprint density at radius 1 is 1.41 bits per heavy atom. The second kappa shape index (κ2) is 5.94. The summed E-state index contributed by atoms with van der Waals surface area (Å²) in [6.45, 7) is 3.28. The van der Waals surface area contributed by atoms with E-state index in [-0.39, 0.29) is 10.9 Å². The molecule has 1 fully saturated rings. The van der Waals surface area contributed by atoms with Crippen molar-refractivity contribution in [3.8, 4) is 0 Å². The molecule has 124 valence electrons. The third-order valence-corrected chi connectivity index (χ3v) is 6.74. The van der Waals surface area contributed by atoms with Gasteiger partial charge in [0.2, 0.25) is 0 Å². The lowest BCUT2D eigenvalue weighted by Crippen LogP contribution is -2.59. The topological polar surface area (TPSA) is 90.0 Å². The Bertz CT molecular complexity index is 616. The highest BCUT2D eigenvalue weighted by Crippen LogP contribution is 2.34. The standard InChI is InChI=1S/C15H26N4O2S/c1-12-6-2-4-8-15(12,11-16)18-22(20,21)14-10-19-9-5-3-7-13(19)17-14/h10,12,18H,2-9,11,16H2,1H3. The minimum absolute atomic E-state index is 0.148. The number of aryl methyl sites for hydroxylation is 2. The maximum atomic E-state index is 12.8. The van der Waals surface area contributed by atoms with Gasteiger partial charge >= 0.3 is 0 Å². The minimum Gasteiger partial charge on any atom is -0.333 e. The highest BCUT2D eigenvalue weighted by atomic mass is 32.2. The second-order valence-corrected chi connectivity index (χ2v) is 8.39. The zero-order valence-corrected chi connectivity index (χ0v) is 14.0. The van der Waals surface area contributed by atoms with Gasteiger partial charge in [0.25, 0.3) is 10.0 Å². The van der Waals surface area contributed by atoms with Crippen molar-refractivity contribution >= 4 is 10.0 Å². The van der Waals surface area contributed by atoms with Crippen LogP contribution in [0.25, 0.3) is 0 Å². The van der Waals surface area contributed by atoms with E-state index in [2.05, 4.69) is 16.6 Å². The molecule has 22 heavy (non-hydrogen) atoms. The highest BCUT2D eigenvalue weighted by molar-refractivity contribution is 7.89. The molecule has 6 nitrogen and oxygen atoms in total. The molecule has 2 heterocycles. The molecule has 2 aliphatic rings. The van der Waals surface area contributed by atoms with Crippen LogP contribution in [0.5, 0.6) is 0 Å². The monoisotopic (exact) mass is 326 g/mol. The first kappa shape index (κ1) is 16.0. The molecule has 1 aromatic rings. The van der Waals surface area contributed by atoms with Crippen molar-refractivity contribution < 1.29 is 8.42 Å². The van der Waals surface area contributed by atoms with Crippen molar-refractivity contribution in [2.75, 3.05) is 6.54 Å². The molecule has 1 aromatic heterocycles. The Morgan fingerprint density at radius 2 is 2.23 bits per heavy atom. The number of hydrogen-bond acceptors (Lipinski definition) is 4. The van der Waals surface area contributed by atoms with Crippen LogP contribution in [0.3, 0.4) is 0 Å². The zero-order valence-electron chi connectivity index (χ0n) is 13.2. The van der Waals surface area contributed by atoms with Gasteiger partial charge in [0.1, 0.15) is 5.82 Å². The van der Waals surface area contributed by atoms with Gasteiger partial charge in [0.15, 0.2) is 5.03 Å². The average Bonchev–Trinajstić information content (AvgIpc) is 2.94. The number of nitrogens with one attached hydrogen (secondary N) is 1. The number of nitrogens with two attached hydrogens (primary N) is 1. The summed E-state index contributed by atoms with van der Waals surface area (Å²) >= 11 is 0. The molecule has 2 atom stereocenters. The molecular weight excluding hydrogens is 300 g/mol. The van der Waals surface area contributed by atoms with Gasteiger partial charge in [-0.15, -0.1) is 0 Å². The van der Waals surface area contributed by atoms with Crippen LogP contribution in [-0.2, 0) is 23.0 Å². The van der Waals surface area contributed by atoms with Gasteiger partial charge in [-0.2, -0.15) is 0 Å². The maximum absolute atomic E-state index is 12.8. The molecule has 0 bridgehead atoms. The van der Waals surface area contributed by atoms with E-state index < -0.39 is 15.6 Å². The molecule has 1 saturated carbocycles. The van der Waals surface area contributed by atoms with E-state index in [0.29, 0.717) is 6.54 Å². The molecule has 3 N–H and O–H groups in total. The fourth-order valence-electron chi connectivity index (χ4n) is 3.75. The normalized spacial score (nSPS) is 29.3. The summed E-state index contributed by atoms with van der Waals surface area (Å²) in [5.41, 5.74) is 5.43. The molecule has 2 unspecified atom stereocenters. The lowest BCUT2D eigenvalue weighted by molar-refractivity contribution is 0.191. The van der Waals surface area contributed by atoms with Crippen LogP contribution in [0.4, 0.5) is 0 Å². The van der Waals surface area contributed by atoms with Crippen molar-refractivity contribution in [1.82, 2.24) is 14.3 Å². The summed E-state index contributed by atoms with van der Waals surface area (Å²) in [6, 6.07) is 0. The summed E-state index contributed by atoms with van der Waals surface area (Å²) < 4.78 is 30.4. The number of sulfonamides is 1. The van der Waals surface area contributed by atoms with E-state index >= 15 is 0 Å². The fourth-order valence-corrected chi connectivity index (χ4v) is 5.26. The van der Waals surface area contributed by atoms with Gasteiger partial charge in [-0.3, -0.25) is 0 Å².